The maximum atomic E-state index is 10.3. The maximum Gasteiger partial charge on any atom is 0.328 e. The summed E-state index contributed by atoms with van der Waals surface area (Å²) < 4.78 is 0. The first kappa shape index (κ1) is 24.4. The van der Waals surface area contributed by atoms with Crippen LogP contribution < -0.4 is 0 Å². The van der Waals surface area contributed by atoms with E-state index in [1.54, 1.807) is 6.08 Å². The summed E-state index contributed by atoms with van der Waals surface area (Å²) >= 11 is 0. The lowest BCUT2D eigenvalue weighted by molar-refractivity contribution is -0.131. The number of carboxylic acids is 1. The Morgan fingerprint density at radius 2 is 1.04 bits per heavy atom. The van der Waals surface area contributed by atoms with Gasteiger partial charge in [-0.25, -0.2) is 4.79 Å². The lowest BCUT2D eigenvalue weighted by Gasteiger charge is -2.02. The lowest BCUT2D eigenvalue weighted by Crippen LogP contribution is -1.84. The minimum Gasteiger partial charge on any atom is -0.478 e. The molecule has 0 amide bonds. The molecular formula is C24H40O2. The van der Waals surface area contributed by atoms with Crippen LogP contribution in [-0.4, -0.2) is 11.1 Å². The molecule has 2 heteroatoms. The monoisotopic (exact) mass is 362 g/mol. The van der Waals surface area contributed by atoms with Crippen LogP contribution in [0.2, 0.25) is 0 Å². The van der Waals surface area contributed by atoms with Crippen LogP contribution in [0.15, 0.2) is 48.6 Å². The van der Waals surface area contributed by atoms with Crippen molar-refractivity contribution in [2.24, 2.45) is 0 Å². The fourth-order valence-electron chi connectivity index (χ4n) is 2.85. The third-order valence-electron chi connectivity index (χ3n) is 4.40. The van der Waals surface area contributed by atoms with Gasteiger partial charge >= 0.3 is 5.97 Å². The Morgan fingerprint density at radius 1 is 0.615 bits per heavy atom. The number of carboxylic acid groups (broad SMARTS) is 1. The van der Waals surface area contributed by atoms with E-state index < -0.39 is 5.97 Å². The number of hydrogen-bond acceptors (Lipinski definition) is 1. The molecule has 0 spiro atoms. The van der Waals surface area contributed by atoms with E-state index in [-0.39, 0.29) is 0 Å². The molecule has 0 aliphatic carbocycles. The summed E-state index contributed by atoms with van der Waals surface area (Å²) in [6.07, 6.45) is 33.6. The summed E-state index contributed by atoms with van der Waals surface area (Å²) in [5, 5.41) is 8.42. The molecule has 0 aromatic heterocycles. The van der Waals surface area contributed by atoms with E-state index in [1.165, 1.54) is 89.5 Å². The zero-order valence-corrected chi connectivity index (χ0v) is 16.9. The molecule has 0 aliphatic rings. The van der Waals surface area contributed by atoms with Crippen LogP contribution in [0.25, 0.3) is 0 Å². The van der Waals surface area contributed by atoms with E-state index in [1.807, 2.05) is 18.2 Å². The highest BCUT2D eigenvalue weighted by molar-refractivity contribution is 5.80. The molecule has 26 heavy (non-hydrogen) atoms. The van der Waals surface area contributed by atoms with Crippen molar-refractivity contribution in [3.8, 4) is 0 Å². The van der Waals surface area contributed by atoms with E-state index in [9.17, 15) is 4.79 Å². The van der Waals surface area contributed by atoms with Crippen molar-refractivity contribution >= 4 is 5.97 Å². The predicted molar refractivity (Wildman–Crippen MR) is 115 cm³/mol. The smallest absolute Gasteiger partial charge is 0.328 e. The molecule has 0 bridgehead atoms. The minimum absolute atomic E-state index is 0.920. The van der Waals surface area contributed by atoms with Crippen molar-refractivity contribution in [1.82, 2.24) is 0 Å². The van der Waals surface area contributed by atoms with Gasteiger partial charge in [0.25, 0.3) is 0 Å². The number of carbonyl (C=O) groups is 1. The predicted octanol–water partition coefficient (Wildman–Crippen LogP) is 7.78. The number of rotatable bonds is 18. The number of aliphatic carboxylic acids is 1. The van der Waals surface area contributed by atoms with E-state index >= 15 is 0 Å². The molecular weight excluding hydrogens is 322 g/mol. The van der Waals surface area contributed by atoms with Gasteiger partial charge in [0.2, 0.25) is 0 Å². The van der Waals surface area contributed by atoms with Crippen molar-refractivity contribution in [1.29, 1.82) is 0 Å². The first-order valence-corrected chi connectivity index (χ1v) is 10.7. The first-order chi connectivity index (χ1) is 12.8. The molecule has 0 radical (unpaired) electrons. The molecule has 0 heterocycles. The van der Waals surface area contributed by atoms with Crippen LogP contribution in [0.5, 0.6) is 0 Å². The van der Waals surface area contributed by atoms with Gasteiger partial charge in [-0.2, -0.15) is 0 Å². The summed E-state index contributed by atoms with van der Waals surface area (Å²) in [5.41, 5.74) is 0. The molecule has 0 fully saturated rings. The summed E-state index contributed by atoms with van der Waals surface area (Å²) in [4.78, 5) is 10.3. The Hall–Kier alpha value is -1.57. The molecule has 0 saturated heterocycles. The van der Waals surface area contributed by atoms with Crippen LogP contribution in [0.4, 0.5) is 0 Å². The van der Waals surface area contributed by atoms with Crippen molar-refractivity contribution in [2.45, 2.75) is 96.8 Å². The minimum atomic E-state index is -0.920. The normalized spacial score (nSPS) is 12.3. The van der Waals surface area contributed by atoms with Gasteiger partial charge in [0, 0.05) is 6.08 Å². The Kier molecular flexibility index (Phi) is 20.2. The molecule has 0 aromatic carbocycles. The number of unbranched alkanes of at least 4 members (excludes halogenated alkanes) is 13. The van der Waals surface area contributed by atoms with E-state index in [4.69, 9.17) is 5.11 Å². The van der Waals surface area contributed by atoms with E-state index in [0.29, 0.717) is 0 Å². The Bertz CT molecular complexity index is 416. The Labute approximate surface area is 161 Å². The second-order valence-corrected chi connectivity index (χ2v) is 6.93. The fraction of sp³-hybridized carbons (Fsp3) is 0.625. The summed E-state index contributed by atoms with van der Waals surface area (Å²) in [6.45, 7) is 2.28. The van der Waals surface area contributed by atoms with Crippen LogP contribution >= 0.6 is 0 Å². The first-order valence-electron chi connectivity index (χ1n) is 10.7. The average Bonchev–Trinajstić information content (AvgIpc) is 2.62. The molecule has 0 rings (SSSR count). The Morgan fingerprint density at radius 3 is 1.54 bits per heavy atom. The molecule has 148 valence electrons. The van der Waals surface area contributed by atoms with Crippen LogP contribution in [0.1, 0.15) is 96.8 Å². The Balaban J connectivity index is 3.27. The largest absolute Gasteiger partial charge is 0.478 e. The summed E-state index contributed by atoms with van der Waals surface area (Å²) in [6, 6.07) is 0. The van der Waals surface area contributed by atoms with Gasteiger partial charge in [-0.3, -0.25) is 0 Å². The zero-order chi connectivity index (χ0) is 19.1. The van der Waals surface area contributed by atoms with Crippen LogP contribution in [-0.2, 0) is 4.79 Å². The average molecular weight is 363 g/mol. The summed E-state index contributed by atoms with van der Waals surface area (Å²) in [7, 11) is 0. The molecule has 2 nitrogen and oxygen atoms in total. The van der Waals surface area contributed by atoms with Crippen molar-refractivity contribution < 1.29 is 9.90 Å². The second kappa shape index (κ2) is 21.5. The highest BCUT2D eigenvalue weighted by Crippen LogP contribution is 2.12. The van der Waals surface area contributed by atoms with Gasteiger partial charge in [0.05, 0.1) is 0 Å². The third-order valence-corrected chi connectivity index (χ3v) is 4.40. The lowest BCUT2D eigenvalue weighted by atomic mass is 10.0. The molecule has 0 aromatic rings. The standard InChI is InChI=1S/C24H40O2/c1-2-3-4-5-6-7-8-9-10-11-12-13-14-15-16-17-18-19-20-21-22-23-24(25)26/h16-23H,2-15H2,1H3,(H,25,26)/i24+2. The van der Waals surface area contributed by atoms with Gasteiger partial charge in [0.1, 0.15) is 0 Å². The van der Waals surface area contributed by atoms with Crippen LogP contribution in [0.3, 0.4) is 0 Å². The quantitative estimate of drug-likeness (QED) is 0.153. The van der Waals surface area contributed by atoms with Crippen LogP contribution in [0, 0.1) is 0 Å². The van der Waals surface area contributed by atoms with Crippen molar-refractivity contribution in [3.05, 3.63) is 48.6 Å². The van der Waals surface area contributed by atoms with Gasteiger partial charge in [0.15, 0.2) is 0 Å². The van der Waals surface area contributed by atoms with Gasteiger partial charge < -0.3 is 5.11 Å². The maximum absolute atomic E-state index is 10.3. The highest BCUT2D eigenvalue weighted by Gasteiger charge is 1.93. The number of allylic oxidation sites excluding steroid dienone is 7. The fourth-order valence-corrected chi connectivity index (χ4v) is 2.85. The zero-order valence-electron chi connectivity index (χ0n) is 16.9. The van der Waals surface area contributed by atoms with E-state index in [2.05, 4.69) is 19.1 Å². The third kappa shape index (κ3) is 22.4. The van der Waals surface area contributed by atoms with Gasteiger partial charge in [-0.15, -0.1) is 0 Å². The van der Waals surface area contributed by atoms with Gasteiger partial charge in [-0.1, -0.05) is 127 Å². The molecule has 0 atom stereocenters. The van der Waals surface area contributed by atoms with E-state index in [0.717, 1.165) is 12.5 Å². The second-order valence-electron chi connectivity index (χ2n) is 6.93. The van der Waals surface area contributed by atoms with Crippen molar-refractivity contribution in [3.63, 3.8) is 0 Å². The van der Waals surface area contributed by atoms with Crippen molar-refractivity contribution in [2.75, 3.05) is 0 Å². The molecule has 0 unspecified atom stereocenters. The number of hydrogen-bond donors (Lipinski definition) is 1. The molecule has 0 saturated carbocycles. The molecule has 1 N–H and O–H groups in total. The topological polar surface area (TPSA) is 37.3 Å². The SMILES string of the molecule is CCCCCCCCCCCCCCCC=CC=CC=CC=C[14C](=O)O. The van der Waals surface area contributed by atoms with Gasteiger partial charge in [-0.05, 0) is 12.8 Å². The summed E-state index contributed by atoms with van der Waals surface area (Å²) in [5.74, 6) is -0.920. The highest BCUT2D eigenvalue weighted by atomic mass is 16.6. The molecule has 0 aliphatic heterocycles.